The molecular formula is C31H38ClF2N7O2. The number of likely N-dealkylation sites (N-methyl/N-ethyl adjacent to an activating group) is 1. The molecule has 43 heavy (non-hydrogen) atoms. The van der Waals surface area contributed by atoms with Gasteiger partial charge in [-0.15, -0.1) is 0 Å². The van der Waals surface area contributed by atoms with Crippen LogP contribution in [0.25, 0.3) is 5.70 Å². The lowest BCUT2D eigenvalue weighted by Gasteiger charge is -2.38. The zero-order chi connectivity index (χ0) is 29.9. The Bertz CT molecular complexity index is 1450. The number of hydrogen-bond acceptors (Lipinski definition) is 8. The first-order chi connectivity index (χ1) is 20.6. The van der Waals surface area contributed by atoms with Gasteiger partial charge in [0.15, 0.2) is 12.4 Å². The molecule has 2 N–H and O–H groups in total. The fourth-order valence-electron chi connectivity index (χ4n) is 6.85. The van der Waals surface area contributed by atoms with Crippen molar-refractivity contribution in [3.8, 4) is 0 Å². The van der Waals surface area contributed by atoms with Gasteiger partial charge >= 0.3 is 5.92 Å². The summed E-state index contributed by atoms with van der Waals surface area (Å²) in [7, 11) is 1.93. The molecule has 5 heterocycles. The number of anilines is 4. The second-order valence-electron chi connectivity index (χ2n) is 12.9. The van der Waals surface area contributed by atoms with E-state index in [4.69, 9.17) is 21.3 Å². The quantitative estimate of drug-likeness (QED) is 0.465. The fraction of sp³-hybridized carbons (Fsp3) is 0.581. The number of carbonyl (C=O) groups is 1. The maximum Gasteiger partial charge on any atom is 0.301 e. The third-order valence-electron chi connectivity index (χ3n) is 9.32. The van der Waals surface area contributed by atoms with Crippen LogP contribution in [0.15, 0.2) is 30.2 Å². The molecule has 2 aromatic rings. The van der Waals surface area contributed by atoms with Crippen molar-refractivity contribution >= 4 is 46.3 Å². The lowest BCUT2D eigenvalue weighted by molar-refractivity contribution is -0.135. The van der Waals surface area contributed by atoms with Crippen LogP contribution in [-0.2, 0) is 9.53 Å². The molecule has 5 aliphatic rings. The molecule has 7 rings (SSSR count). The van der Waals surface area contributed by atoms with Gasteiger partial charge in [-0.25, -0.2) is 13.8 Å². The van der Waals surface area contributed by atoms with Gasteiger partial charge in [0, 0.05) is 56.6 Å². The SMILES string of the molecule is C[C@@H]1C[C@@H](CC(=O)N2CCC2)CN(c2ncc(Cl)c(Nc3ccc4c(c3)C3=C(CN4C)OCC(F)(F)[C@H](C4CC4)N3)n2)C1. The van der Waals surface area contributed by atoms with Crippen molar-refractivity contribution in [2.75, 3.05) is 61.5 Å². The number of nitrogens with one attached hydrogen (secondary N) is 2. The molecule has 0 unspecified atom stereocenters. The third kappa shape index (κ3) is 5.68. The molecule has 0 spiro atoms. The molecule has 1 aromatic heterocycles. The second kappa shape index (κ2) is 11.0. The van der Waals surface area contributed by atoms with E-state index in [0.717, 1.165) is 62.3 Å². The van der Waals surface area contributed by atoms with Crippen LogP contribution >= 0.6 is 11.6 Å². The summed E-state index contributed by atoms with van der Waals surface area (Å²) in [5.74, 6) is -0.571. The molecule has 1 saturated carbocycles. The summed E-state index contributed by atoms with van der Waals surface area (Å²) in [6.45, 7) is 5.24. The predicted octanol–water partition coefficient (Wildman–Crippen LogP) is 5.11. The number of hydrogen-bond donors (Lipinski definition) is 2. The van der Waals surface area contributed by atoms with E-state index in [1.807, 2.05) is 35.0 Å². The number of rotatable bonds is 6. The average molecular weight is 614 g/mol. The number of alkyl halides is 2. The van der Waals surface area contributed by atoms with Crippen LogP contribution < -0.4 is 20.4 Å². The molecule has 12 heteroatoms. The first-order valence-electron chi connectivity index (χ1n) is 15.3. The number of amides is 1. The Hall–Kier alpha value is -3.34. The van der Waals surface area contributed by atoms with Crippen LogP contribution in [0, 0.1) is 17.8 Å². The van der Waals surface area contributed by atoms with Gasteiger partial charge in [0.1, 0.15) is 10.8 Å². The van der Waals surface area contributed by atoms with Crippen LogP contribution in [-0.4, -0.2) is 79.1 Å². The number of ether oxygens (including phenoxy) is 1. The van der Waals surface area contributed by atoms with Gasteiger partial charge in [-0.1, -0.05) is 18.5 Å². The number of piperidine rings is 1. The molecule has 0 radical (unpaired) electrons. The van der Waals surface area contributed by atoms with E-state index in [0.29, 0.717) is 53.7 Å². The predicted molar refractivity (Wildman–Crippen MR) is 163 cm³/mol. The van der Waals surface area contributed by atoms with E-state index < -0.39 is 18.6 Å². The number of nitrogens with zero attached hydrogens (tertiary/aromatic N) is 5. The van der Waals surface area contributed by atoms with Crippen molar-refractivity contribution in [1.29, 1.82) is 0 Å². The summed E-state index contributed by atoms with van der Waals surface area (Å²) >= 11 is 6.57. The lowest BCUT2D eigenvalue weighted by atomic mass is 9.87. The van der Waals surface area contributed by atoms with Crippen molar-refractivity contribution in [2.24, 2.45) is 17.8 Å². The number of fused-ring (bicyclic) bond motifs is 2. The molecule has 9 nitrogen and oxygen atoms in total. The summed E-state index contributed by atoms with van der Waals surface area (Å²) < 4.78 is 35.7. The van der Waals surface area contributed by atoms with Crippen molar-refractivity contribution in [3.63, 3.8) is 0 Å². The molecule has 1 aliphatic carbocycles. The molecule has 0 bridgehead atoms. The van der Waals surface area contributed by atoms with Gasteiger partial charge in [-0.05, 0) is 61.6 Å². The van der Waals surface area contributed by atoms with Crippen molar-refractivity contribution < 1.29 is 18.3 Å². The number of likely N-dealkylation sites (tertiary alicyclic amines) is 1. The number of halogens is 3. The van der Waals surface area contributed by atoms with E-state index in [2.05, 4.69) is 27.4 Å². The Balaban J connectivity index is 1.12. The average Bonchev–Trinajstić information content (AvgIpc) is 3.77. The molecular weight excluding hydrogens is 576 g/mol. The Morgan fingerprint density at radius 3 is 2.81 bits per heavy atom. The minimum atomic E-state index is -2.95. The molecule has 1 aromatic carbocycles. The van der Waals surface area contributed by atoms with Crippen molar-refractivity contribution in [3.05, 3.63) is 40.7 Å². The third-order valence-corrected chi connectivity index (χ3v) is 9.60. The van der Waals surface area contributed by atoms with Gasteiger partial charge in [-0.3, -0.25) is 4.79 Å². The molecule has 230 valence electrons. The highest BCUT2D eigenvalue weighted by Crippen LogP contribution is 2.45. The summed E-state index contributed by atoms with van der Waals surface area (Å²) in [4.78, 5) is 28.1. The maximum absolute atomic E-state index is 15.0. The Labute approximate surface area is 255 Å². The Morgan fingerprint density at radius 1 is 1.26 bits per heavy atom. The second-order valence-corrected chi connectivity index (χ2v) is 13.3. The minimum absolute atomic E-state index is 0.0564. The standard InChI is InChI=1S/C31H38ClF2N7O2/c1-18-10-19(11-26(42)40-8-3-9-40)15-41(14-18)30-35-13-23(32)29(38-30)36-21-6-7-24-22(12-21)27-25(16-39(24)2)43-17-31(33,34)28(37-27)20-4-5-20/h6-7,12-13,18-20,28,37H,3-5,8-11,14-17H2,1-2H3,(H,35,36,38)/t18-,19+,28+/m1/s1. The highest BCUT2D eigenvalue weighted by atomic mass is 35.5. The fourth-order valence-corrected chi connectivity index (χ4v) is 6.99. The minimum Gasteiger partial charge on any atom is -0.487 e. The summed E-state index contributed by atoms with van der Waals surface area (Å²) in [5, 5.41) is 6.92. The zero-order valence-corrected chi connectivity index (χ0v) is 25.3. The normalized spacial score (nSPS) is 26.4. The molecule has 3 atom stereocenters. The van der Waals surface area contributed by atoms with Gasteiger partial charge in [-0.2, -0.15) is 4.98 Å². The Kier molecular flexibility index (Phi) is 7.26. The van der Waals surface area contributed by atoms with Crippen LogP contribution in [0.1, 0.15) is 44.6 Å². The molecule has 1 amide bonds. The van der Waals surface area contributed by atoms with E-state index in [1.165, 1.54) is 0 Å². The summed E-state index contributed by atoms with van der Waals surface area (Å²) in [6.07, 6.45) is 5.83. The highest BCUT2D eigenvalue weighted by molar-refractivity contribution is 6.32. The molecule has 2 saturated heterocycles. The smallest absolute Gasteiger partial charge is 0.301 e. The first kappa shape index (κ1) is 28.4. The van der Waals surface area contributed by atoms with Crippen LogP contribution in [0.5, 0.6) is 0 Å². The van der Waals surface area contributed by atoms with Crippen molar-refractivity contribution in [1.82, 2.24) is 20.2 Å². The van der Waals surface area contributed by atoms with Gasteiger partial charge < -0.3 is 30.1 Å². The number of carbonyl (C=O) groups excluding carboxylic acids is 1. The highest BCUT2D eigenvalue weighted by Gasteiger charge is 2.51. The van der Waals surface area contributed by atoms with Gasteiger partial charge in [0.05, 0.1) is 24.5 Å². The van der Waals surface area contributed by atoms with Gasteiger partial charge in [0.25, 0.3) is 0 Å². The van der Waals surface area contributed by atoms with Crippen LogP contribution in [0.2, 0.25) is 5.02 Å². The monoisotopic (exact) mass is 613 g/mol. The first-order valence-corrected chi connectivity index (χ1v) is 15.7. The number of benzene rings is 1. The summed E-state index contributed by atoms with van der Waals surface area (Å²) in [6, 6.07) is 4.89. The lowest BCUT2D eigenvalue weighted by Crippen LogP contribution is -2.47. The zero-order valence-electron chi connectivity index (χ0n) is 24.6. The van der Waals surface area contributed by atoms with E-state index in [1.54, 1.807) is 6.20 Å². The largest absolute Gasteiger partial charge is 0.487 e. The molecule has 4 aliphatic heterocycles. The van der Waals surface area contributed by atoms with Crippen LogP contribution in [0.4, 0.5) is 31.9 Å². The number of aromatic nitrogens is 2. The van der Waals surface area contributed by atoms with E-state index in [9.17, 15) is 4.79 Å². The van der Waals surface area contributed by atoms with E-state index >= 15 is 8.78 Å². The van der Waals surface area contributed by atoms with E-state index in [-0.39, 0.29) is 17.7 Å². The Morgan fingerprint density at radius 2 is 2.07 bits per heavy atom. The summed E-state index contributed by atoms with van der Waals surface area (Å²) in [5.41, 5.74) is 3.07. The maximum atomic E-state index is 15.0. The van der Waals surface area contributed by atoms with Crippen molar-refractivity contribution in [2.45, 2.75) is 51.0 Å². The van der Waals surface area contributed by atoms with Crippen LogP contribution in [0.3, 0.4) is 0 Å². The van der Waals surface area contributed by atoms with Gasteiger partial charge in [0.2, 0.25) is 11.9 Å². The molecule has 3 fully saturated rings. The topological polar surface area (TPSA) is 85.9 Å².